The lowest BCUT2D eigenvalue weighted by atomic mass is 10.1. The van der Waals surface area contributed by atoms with Crippen LogP contribution in [-0.4, -0.2) is 16.8 Å². The largest absolute Gasteiger partial charge is 0.206 e. The molecule has 1 unspecified atom stereocenters. The van der Waals surface area contributed by atoms with E-state index in [1.807, 2.05) is 6.07 Å². The molecule has 2 heterocycles. The molecule has 0 bridgehead atoms. The summed E-state index contributed by atoms with van der Waals surface area (Å²) in [5, 5.41) is 11.8. The van der Waals surface area contributed by atoms with Crippen LogP contribution in [0.25, 0.3) is 0 Å². The molecule has 1 aliphatic rings. The molecular formula is C7H8N2O3. The van der Waals surface area contributed by atoms with Crippen LogP contribution in [0, 0.1) is 0 Å². The highest BCUT2D eigenvalue weighted by atomic mass is 17.5. The lowest BCUT2D eigenvalue weighted by Gasteiger charge is -2.19. The molecule has 0 spiro atoms. The standard InChI is InChI=1S/C7H8N2O3/c1-3-8-9-5-6(1)7-2-4-10-12-11-7/h1,3,5,7H,2,4H2. The minimum absolute atomic E-state index is 0.0887. The average Bonchev–Trinajstić information content (AvgIpc) is 2.21. The van der Waals surface area contributed by atoms with E-state index in [2.05, 4.69) is 20.1 Å². The van der Waals surface area contributed by atoms with Crippen molar-refractivity contribution in [2.75, 3.05) is 6.61 Å². The summed E-state index contributed by atoms with van der Waals surface area (Å²) in [6.45, 7) is 0.535. The summed E-state index contributed by atoms with van der Waals surface area (Å²) in [6.07, 6.45) is 3.95. The van der Waals surface area contributed by atoms with E-state index in [1.165, 1.54) is 0 Å². The van der Waals surface area contributed by atoms with Crippen molar-refractivity contribution in [3.63, 3.8) is 0 Å². The van der Waals surface area contributed by atoms with Gasteiger partial charge in [-0.25, -0.2) is 4.89 Å². The van der Waals surface area contributed by atoms with Crippen LogP contribution in [0.2, 0.25) is 0 Å². The van der Waals surface area contributed by atoms with Gasteiger partial charge < -0.3 is 0 Å². The molecule has 0 N–H and O–H groups in total. The van der Waals surface area contributed by atoms with Gasteiger partial charge in [-0.15, -0.1) is 0 Å². The molecule has 1 fully saturated rings. The van der Waals surface area contributed by atoms with E-state index < -0.39 is 0 Å². The Bertz CT molecular complexity index is 236. The lowest BCUT2D eigenvalue weighted by Crippen LogP contribution is -2.15. The zero-order chi connectivity index (χ0) is 8.23. The van der Waals surface area contributed by atoms with Gasteiger partial charge in [-0.2, -0.15) is 15.1 Å². The Morgan fingerprint density at radius 3 is 3.08 bits per heavy atom. The van der Waals surface area contributed by atoms with Crippen molar-refractivity contribution in [3.8, 4) is 0 Å². The highest BCUT2D eigenvalue weighted by molar-refractivity contribution is 5.09. The molecular weight excluding hydrogens is 160 g/mol. The predicted octanol–water partition coefficient (Wildman–Crippen LogP) is 0.801. The predicted molar refractivity (Wildman–Crippen MR) is 37.5 cm³/mol. The summed E-state index contributed by atoms with van der Waals surface area (Å²) >= 11 is 0. The third-order valence-corrected chi connectivity index (χ3v) is 1.65. The van der Waals surface area contributed by atoms with Gasteiger partial charge in [0.2, 0.25) is 0 Å². The van der Waals surface area contributed by atoms with E-state index in [0.717, 1.165) is 12.0 Å². The molecule has 0 aliphatic carbocycles. The Labute approximate surface area is 69.1 Å². The van der Waals surface area contributed by atoms with E-state index in [9.17, 15) is 0 Å². The van der Waals surface area contributed by atoms with Gasteiger partial charge in [-0.1, -0.05) is 5.04 Å². The van der Waals surface area contributed by atoms with Gasteiger partial charge in [0.05, 0.1) is 12.8 Å². The molecule has 1 atom stereocenters. The molecule has 5 nitrogen and oxygen atoms in total. The van der Waals surface area contributed by atoms with Crippen molar-refractivity contribution >= 4 is 0 Å². The number of nitrogens with zero attached hydrogens (tertiary/aromatic N) is 2. The Morgan fingerprint density at radius 1 is 1.42 bits per heavy atom. The molecule has 0 amide bonds. The van der Waals surface area contributed by atoms with Crippen LogP contribution < -0.4 is 0 Å². The first-order chi connectivity index (χ1) is 5.97. The van der Waals surface area contributed by atoms with E-state index in [-0.39, 0.29) is 6.10 Å². The second-order valence-corrected chi connectivity index (χ2v) is 2.44. The van der Waals surface area contributed by atoms with Crippen LogP contribution in [0.1, 0.15) is 18.1 Å². The Kier molecular flexibility index (Phi) is 2.26. The first-order valence-corrected chi connectivity index (χ1v) is 3.68. The Balaban J connectivity index is 2.08. The van der Waals surface area contributed by atoms with E-state index in [0.29, 0.717) is 6.61 Å². The van der Waals surface area contributed by atoms with Crippen LogP contribution >= 0.6 is 0 Å². The topological polar surface area (TPSA) is 53.5 Å². The molecule has 2 rings (SSSR count). The van der Waals surface area contributed by atoms with Crippen LogP contribution in [0.5, 0.6) is 0 Å². The van der Waals surface area contributed by atoms with Gasteiger partial charge in [0.15, 0.2) is 0 Å². The highest BCUT2D eigenvalue weighted by Crippen LogP contribution is 2.23. The summed E-state index contributed by atoms with van der Waals surface area (Å²) in [6, 6.07) is 1.84. The molecule has 0 saturated carbocycles. The maximum Gasteiger partial charge on any atom is 0.125 e. The first-order valence-electron chi connectivity index (χ1n) is 3.68. The minimum atomic E-state index is -0.0887. The number of hydrogen-bond acceptors (Lipinski definition) is 5. The molecule has 1 aromatic heterocycles. The third-order valence-electron chi connectivity index (χ3n) is 1.65. The van der Waals surface area contributed by atoms with Crippen molar-refractivity contribution in [2.45, 2.75) is 12.5 Å². The Morgan fingerprint density at radius 2 is 2.42 bits per heavy atom. The van der Waals surface area contributed by atoms with Gasteiger partial charge in [0.25, 0.3) is 0 Å². The van der Waals surface area contributed by atoms with Crippen molar-refractivity contribution < 1.29 is 14.8 Å². The van der Waals surface area contributed by atoms with Gasteiger partial charge >= 0.3 is 0 Å². The summed E-state index contributed by atoms with van der Waals surface area (Å²) in [5.41, 5.74) is 0.952. The monoisotopic (exact) mass is 168 g/mol. The zero-order valence-corrected chi connectivity index (χ0v) is 6.34. The Hall–Kier alpha value is -1.04. The summed E-state index contributed by atoms with van der Waals surface area (Å²) in [4.78, 5) is 9.44. The zero-order valence-electron chi connectivity index (χ0n) is 6.34. The third kappa shape index (κ3) is 1.58. The van der Waals surface area contributed by atoms with Crippen LogP contribution in [0.15, 0.2) is 18.5 Å². The summed E-state index contributed by atoms with van der Waals surface area (Å²) in [5.74, 6) is 0. The molecule has 1 saturated heterocycles. The maximum atomic E-state index is 4.87. The minimum Gasteiger partial charge on any atom is -0.206 e. The fraction of sp³-hybridized carbons (Fsp3) is 0.429. The first kappa shape index (κ1) is 7.60. The molecule has 1 aliphatic heterocycles. The normalized spacial score (nSPS) is 23.8. The van der Waals surface area contributed by atoms with Crippen LogP contribution in [0.3, 0.4) is 0 Å². The van der Waals surface area contributed by atoms with E-state index in [4.69, 9.17) is 4.89 Å². The second-order valence-electron chi connectivity index (χ2n) is 2.44. The molecule has 64 valence electrons. The van der Waals surface area contributed by atoms with Crippen LogP contribution in [-0.2, 0) is 14.8 Å². The van der Waals surface area contributed by atoms with Crippen molar-refractivity contribution in [3.05, 3.63) is 24.0 Å². The van der Waals surface area contributed by atoms with Gasteiger partial charge in [0, 0.05) is 18.2 Å². The van der Waals surface area contributed by atoms with Crippen molar-refractivity contribution in [1.29, 1.82) is 0 Å². The highest BCUT2D eigenvalue weighted by Gasteiger charge is 2.18. The fourth-order valence-corrected chi connectivity index (χ4v) is 1.03. The summed E-state index contributed by atoms with van der Waals surface area (Å²) in [7, 11) is 0. The van der Waals surface area contributed by atoms with Gasteiger partial charge in [-0.05, 0) is 6.07 Å². The van der Waals surface area contributed by atoms with Gasteiger partial charge in [0.1, 0.15) is 6.10 Å². The molecule has 5 heteroatoms. The lowest BCUT2D eigenvalue weighted by molar-refractivity contribution is -0.551. The molecule has 0 aromatic carbocycles. The number of hydrogen-bond donors (Lipinski definition) is 0. The SMILES string of the molecule is c1cc(C2CCOOO2)cnn1. The van der Waals surface area contributed by atoms with E-state index in [1.54, 1.807) is 12.4 Å². The average molecular weight is 168 g/mol. The smallest absolute Gasteiger partial charge is 0.125 e. The molecule has 12 heavy (non-hydrogen) atoms. The van der Waals surface area contributed by atoms with Crippen molar-refractivity contribution in [2.24, 2.45) is 0 Å². The van der Waals surface area contributed by atoms with Crippen molar-refractivity contribution in [1.82, 2.24) is 10.2 Å². The maximum absolute atomic E-state index is 4.87. The second kappa shape index (κ2) is 3.57. The molecule has 1 aromatic rings. The van der Waals surface area contributed by atoms with Crippen LogP contribution in [0.4, 0.5) is 0 Å². The fourth-order valence-electron chi connectivity index (χ4n) is 1.03. The summed E-state index contributed by atoms with van der Waals surface area (Å²) < 4.78 is 0. The molecule has 0 radical (unpaired) electrons. The van der Waals surface area contributed by atoms with E-state index >= 15 is 0 Å². The van der Waals surface area contributed by atoms with Gasteiger partial charge in [-0.3, -0.25) is 0 Å². The number of rotatable bonds is 1. The quantitative estimate of drug-likeness (QED) is 0.580. The number of aromatic nitrogens is 2.